The Kier molecular flexibility index (Phi) is 5.33. The number of aryl methyl sites for hydroxylation is 2. The van der Waals surface area contributed by atoms with E-state index in [9.17, 15) is 0 Å². The number of methoxy groups -OCH3 is 1. The van der Waals surface area contributed by atoms with Gasteiger partial charge in [-0.15, -0.1) is 0 Å². The van der Waals surface area contributed by atoms with Crippen LogP contribution in [0.5, 0.6) is 0 Å². The minimum Gasteiger partial charge on any atom is -0.377 e. The summed E-state index contributed by atoms with van der Waals surface area (Å²) in [6.45, 7) is 4.35. The van der Waals surface area contributed by atoms with Gasteiger partial charge in [-0.1, -0.05) is 18.5 Å². The average molecular weight is 314 g/mol. The summed E-state index contributed by atoms with van der Waals surface area (Å²) >= 11 is 6.40. The number of likely N-dealkylation sites (N-methyl/N-ethyl adjacent to an activating group) is 1. The summed E-state index contributed by atoms with van der Waals surface area (Å²) in [6, 6.07) is 0.260. The first-order valence-electron chi connectivity index (χ1n) is 7.84. The fraction of sp³-hybridized carbons (Fsp3) is 0.812. The van der Waals surface area contributed by atoms with Gasteiger partial charge in [-0.2, -0.15) is 5.10 Å². The Morgan fingerprint density at radius 3 is 2.52 bits per heavy atom. The van der Waals surface area contributed by atoms with Gasteiger partial charge in [-0.05, 0) is 52.0 Å². The van der Waals surface area contributed by atoms with E-state index in [1.165, 1.54) is 12.8 Å². The molecule has 1 aliphatic carbocycles. The molecule has 0 spiro atoms. The van der Waals surface area contributed by atoms with Crippen molar-refractivity contribution in [2.75, 3.05) is 14.2 Å². The topological polar surface area (TPSA) is 39.1 Å². The normalized spacial score (nSPS) is 27.8. The molecule has 1 aliphatic rings. The van der Waals surface area contributed by atoms with Gasteiger partial charge in [0.2, 0.25) is 0 Å². The van der Waals surface area contributed by atoms with Crippen molar-refractivity contribution in [2.24, 2.45) is 13.0 Å². The van der Waals surface area contributed by atoms with Crippen molar-refractivity contribution in [1.82, 2.24) is 15.1 Å². The van der Waals surface area contributed by atoms with E-state index in [0.29, 0.717) is 0 Å². The molecule has 1 aromatic heterocycles. The van der Waals surface area contributed by atoms with Crippen LogP contribution in [0.4, 0.5) is 0 Å². The number of aromatic nitrogens is 2. The fourth-order valence-electron chi connectivity index (χ4n) is 3.61. The van der Waals surface area contributed by atoms with Gasteiger partial charge in [-0.3, -0.25) is 4.68 Å². The molecule has 5 heteroatoms. The van der Waals surface area contributed by atoms with Crippen LogP contribution in [0.3, 0.4) is 0 Å². The van der Waals surface area contributed by atoms with Gasteiger partial charge in [0.15, 0.2) is 0 Å². The number of hydrogen-bond acceptors (Lipinski definition) is 3. The third-order valence-electron chi connectivity index (χ3n) is 5.19. The van der Waals surface area contributed by atoms with Gasteiger partial charge in [-0.25, -0.2) is 0 Å². The summed E-state index contributed by atoms with van der Waals surface area (Å²) in [5, 5.41) is 8.63. The van der Waals surface area contributed by atoms with Gasteiger partial charge in [0.1, 0.15) is 5.15 Å². The molecule has 0 radical (unpaired) electrons. The van der Waals surface area contributed by atoms with Gasteiger partial charge in [0.05, 0.1) is 11.3 Å². The Hall–Kier alpha value is -0.580. The summed E-state index contributed by atoms with van der Waals surface area (Å²) in [5.74, 6) is 0.800. The molecule has 120 valence electrons. The molecule has 1 atom stereocenters. The Morgan fingerprint density at radius 2 is 2.10 bits per heavy atom. The minimum atomic E-state index is -0.0904. The van der Waals surface area contributed by atoms with E-state index in [2.05, 4.69) is 17.3 Å². The van der Waals surface area contributed by atoms with Crippen molar-refractivity contribution < 1.29 is 4.74 Å². The summed E-state index contributed by atoms with van der Waals surface area (Å²) < 4.78 is 7.76. The van der Waals surface area contributed by atoms with Crippen LogP contribution >= 0.6 is 11.6 Å². The maximum Gasteiger partial charge on any atom is 0.130 e. The maximum absolute atomic E-state index is 6.40. The van der Waals surface area contributed by atoms with Crippen molar-refractivity contribution in [2.45, 2.75) is 57.6 Å². The van der Waals surface area contributed by atoms with E-state index in [4.69, 9.17) is 16.3 Å². The molecular formula is C16H28ClN3O. The largest absolute Gasteiger partial charge is 0.377 e. The Bertz CT molecular complexity index is 478. The fourth-order valence-corrected chi connectivity index (χ4v) is 3.86. The molecule has 1 fully saturated rings. The van der Waals surface area contributed by atoms with Gasteiger partial charge >= 0.3 is 0 Å². The van der Waals surface area contributed by atoms with E-state index < -0.39 is 0 Å². The standard InChI is InChI=1S/C16H28ClN3O/c1-11-6-8-16(21-5,9-7-11)14(18-3)10-13-12(2)19-20(4)15(13)17/h11,14,18H,6-10H2,1-5H3. The lowest BCUT2D eigenvalue weighted by molar-refractivity contribution is -0.0730. The van der Waals surface area contributed by atoms with Crippen LogP contribution in [0.25, 0.3) is 0 Å². The highest BCUT2D eigenvalue weighted by molar-refractivity contribution is 6.30. The third-order valence-corrected chi connectivity index (χ3v) is 5.66. The van der Waals surface area contributed by atoms with Crippen molar-refractivity contribution >= 4 is 11.6 Å². The van der Waals surface area contributed by atoms with E-state index >= 15 is 0 Å². The van der Waals surface area contributed by atoms with E-state index in [-0.39, 0.29) is 11.6 Å². The van der Waals surface area contributed by atoms with E-state index in [1.807, 2.05) is 28.1 Å². The second-order valence-electron chi connectivity index (χ2n) is 6.48. The van der Waals surface area contributed by atoms with Crippen LogP contribution < -0.4 is 5.32 Å². The van der Waals surface area contributed by atoms with Crippen molar-refractivity contribution in [1.29, 1.82) is 0 Å². The Labute approximate surface area is 133 Å². The molecule has 0 aromatic carbocycles. The molecule has 1 heterocycles. The first kappa shape index (κ1) is 16.8. The predicted octanol–water partition coefficient (Wildman–Crippen LogP) is 3.11. The number of halogens is 1. The molecule has 4 nitrogen and oxygen atoms in total. The van der Waals surface area contributed by atoms with Crippen LogP contribution in [0.1, 0.15) is 43.9 Å². The molecule has 2 rings (SSSR count). The second-order valence-corrected chi connectivity index (χ2v) is 6.83. The van der Waals surface area contributed by atoms with E-state index in [1.54, 1.807) is 4.68 Å². The zero-order chi connectivity index (χ0) is 15.6. The summed E-state index contributed by atoms with van der Waals surface area (Å²) in [4.78, 5) is 0. The first-order chi connectivity index (χ1) is 9.93. The van der Waals surface area contributed by atoms with Crippen LogP contribution in [-0.2, 0) is 18.2 Å². The average Bonchev–Trinajstić information content (AvgIpc) is 2.72. The molecular weight excluding hydrogens is 286 g/mol. The smallest absolute Gasteiger partial charge is 0.130 e. The quantitative estimate of drug-likeness (QED) is 0.908. The number of nitrogens with zero attached hydrogens (tertiary/aromatic N) is 2. The summed E-state index contributed by atoms with van der Waals surface area (Å²) in [5.41, 5.74) is 2.05. The minimum absolute atomic E-state index is 0.0904. The van der Waals surface area contributed by atoms with Crippen LogP contribution in [0.15, 0.2) is 0 Å². The monoisotopic (exact) mass is 313 g/mol. The molecule has 0 amide bonds. The molecule has 1 N–H and O–H groups in total. The molecule has 0 bridgehead atoms. The zero-order valence-electron chi connectivity index (χ0n) is 13.9. The summed E-state index contributed by atoms with van der Waals surface area (Å²) in [7, 11) is 5.75. The lowest BCUT2D eigenvalue weighted by atomic mass is 9.74. The molecule has 1 aromatic rings. The lowest BCUT2D eigenvalue weighted by Crippen LogP contribution is -2.54. The van der Waals surface area contributed by atoms with Crippen LogP contribution in [0.2, 0.25) is 5.15 Å². The highest BCUT2D eigenvalue weighted by atomic mass is 35.5. The Balaban J connectivity index is 2.22. The SMILES string of the molecule is CNC(Cc1c(C)nn(C)c1Cl)C1(OC)CCC(C)CC1. The molecule has 1 saturated carbocycles. The molecule has 1 unspecified atom stereocenters. The lowest BCUT2D eigenvalue weighted by Gasteiger charge is -2.44. The molecule has 0 aliphatic heterocycles. The highest BCUT2D eigenvalue weighted by Gasteiger charge is 2.41. The van der Waals surface area contributed by atoms with Crippen molar-refractivity contribution in [3.05, 3.63) is 16.4 Å². The Morgan fingerprint density at radius 1 is 1.48 bits per heavy atom. The predicted molar refractivity (Wildman–Crippen MR) is 86.9 cm³/mol. The van der Waals surface area contributed by atoms with E-state index in [0.717, 1.165) is 41.6 Å². The number of ether oxygens (including phenoxy) is 1. The maximum atomic E-state index is 6.40. The first-order valence-corrected chi connectivity index (χ1v) is 8.21. The van der Waals surface area contributed by atoms with Crippen LogP contribution in [0, 0.1) is 12.8 Å². The van der Waals surface area contributed by atoms with Gasteiger partial charge < -0.3 is 10.1 Å². The second kappa shape index (κ2) is 6.67. The molecule has 21 heavy (non-hydrogen) atoms. The van der Waals surface area contributed by atoms with Crippen molar-refractivity contribution in [3.8, 4) is 0 Å². The molecule has 0 saturated heterocycles. The number of nitrogens with one attached hydrogen (secondary N) is 1. The number of hydrogen-bond donors (Lipinski definition) is 1. The highest BCUT2D eigenvalue weighted by Crippen LogP contribution is 2.38. The van der Waals surface area contributed by atoms with Crippen LogP contribution in [-0.4, -0.2) is 35.6 Å². The number of rotatable bonds is 5. The van der Waals surface area contributed by atoms with Crippen molar-refractivity contribution in [3.63, 3.8) is 0 Å². The summed E-state index contributed by atoms with van der Waals surface area (Å²) in [6.07, 6.45) is 5.52. The zero-order valence-corrected chi connectivity index (χ0v) is 14.6. The third kappa shape index (κ3) is 3.27. The van der Waals surface area contributed by atoms with Gasteiger partial charge in [0, 0.05) is 25.8 Å². The van der Waals surface area contributed by atoms with Gasteiger partial charge in [0.25, 0.3) is 0 Å².